The van der Waals surface area contributed by atoms with Gasteiger partial charge in [-0.25, -0.2) is 12.7 Å². The maximum absolute atomic E-state index is 12.8. The first-order valence-corrected chi connectivity index (χ1v) is 11.2. The Hall–Kier alpha value is -2.19. The molecular formula is C20H27N3O4S. The molecule has 1 aliphatic rings. The number of piperidine rings is 1. The number of nitrogens with zero attached hydrogens (tertiary/aromatic N) is 2. The van der Waals surface area contributed by atoms with Crippen LogP contribution in [-0.2, 0) is 10.0 Å². The SMILES string of the molecule is CCCS(=O)(=O)N1CCC(NC(=O)c2cc3ccc(OC)cc3nc2C)CC1. The third-order valence-electron chi connectivity index (χ3n) is 5.10. The van der Waals surface area contributed by atoms with Crippen molar-refractivity contribution in [3.05, 3.63) is 35.5 Å². The molecule has 0 saturated carbocycles. The van der Waals surface area contributed by atoms with E-state index in [1.165, 1.54) is 4.31 Å². The molecule has 1 saturated heterocycles. The van der Waals surface area contributed by atoms with Crippen LogP contribution < -0.4 is 10.1 Å². The highest BCUT2D eigenvalue weighted by Gasteiger charge is 2.28. The number of pyridine rings is 1. The molecule has 1 fully saturated rings. The van der Waals surface area contributed by atoms with Crippen LogP contribution in [0.2, 0.25) is 0 Å². The highest BCUT2D eigenvalue weighted by molar-refractivity contribution is 7.89. The molecule has 0 radical (unpaired) electrons. The molecule has 0 unspecified atom stereocenters. The lowest BCUT2D eigenvalue weighted by Gasteiger charge is -2.31. The van der Waals surface area contributed by atoms with Gasteiger partial charge in [0.1, 0.15) is 5.75 Å². The van der Waals surface area contributed by atoms with Crippen molar-refractivity contribution in [2.45, 2.75) is 39.2 Å². The first-order valence-electron chi connectivity index (χ1n) is 9.58. The normalized spacial score (nSPS) is 16.2. The van der Waals surface area contributed by atoms with Crippen LogP contribution in [0.15, 0.2) is 24.3 Å². The summed E-state index contributed by atoms with van der Waals surface area (Å²) in [6.45, 7) is 4.57. The van der Waals surface area contributed by atoms with Gasteiger partial charge in [0, 0.05) is 30.6 Å². The third kappa shape index (κ3) is 4.44. The molecule has 1 N–H and O–H groups in total. The quantitative estimate of drug-likeness (QED) is 0.798. The van der Waals surface area contributed by atoms with E-state index < -0.39 is 10.0 Å². The minimum absolute atomic E-state index is 0.0356. The van der Waals surface area contributed by atoms with Crippen LogP contribution in [0.25, 0.3) is 10.9 Å². The number of carbonyl (C=O) groups excluding carboxylic acids is 1. The Balaban J connectivity index is 1.68. The fourth-order valence-electron chi connectivity index (χ4n) is 3.53. The highest BCUT2D eigenvalue weighted by atomic mass is 32.2. The zero-order chi connectivity index (χ0) is 20.3. The number of hydrogen-bond donors (Lipinski definition) is 1. The monoisotopic (exact) mass is 405 g/mol. The van der Waals surface area contributed by atoms with E-state index in [4.69, 9.17) is 4.74 Å². The molecule has 1 aromatic carbocycles. The fraction of sp³-hybridized carbons (Fsp3) is 0.500. The number of sulfonamides is 1. The molecule has 3 rings (SSSR count). The van der Waals surface area contributed by atoms with Gasteiger partial charge < -0.3 is 10.1 Å². The molecule has 1 aromatic heterocycles. The zero-order valence-corrected chi connectivity index (χ0v) is 17.4. The van der Waals surface area contributed by atoms with Crippen molar-refractivity contribution in [2.75, 3.05) is 26.0 Å². The second-order valence-corrected chi connectivity index (χ2v) is 9.23. The van der Waals surface area contributed by atoms with E-state index in [9.17, 15) is 13.2 Å². The molecule has 28 heavy (non-hydrogen) atoms. The van der Waals surface area contributed by atoms with Gasteiger partial charge in [-0.1, -0.05) is 6.92 Å². The van der Waals surface area contributed by atoms with Crippen molar-refractivity contribution in [2.24, 2.45) is 0 Å². The number of methoxy groups -OCH3 is 1. The average molecular weight is 406 g/mol. The number of hydrogen-bond acceptors (Lipinski definition) is 5. The van der Waals surface area contributed by atoms with Gasteiger partial charge in [0.25, 0.3) is 5.91 Å². The van der Waals surface area contributed by atoms with Gasteiger partial charge >= 0.3 is 0 Å². The van der Waals surface area contributed by atoms with Crippen LogP contribution in [0, 0.1) is 6.92 Å². The molecule has 8 heteroatoms. The predicted molar refractivity (Wildman–Crippen MR) is 109 cm³/mol. The Morgan fingerprint density at radius 2 is 2.00 bits per heavy atom. The lowest BCUT2D eigenvalue weighted by molar-refractivity contribution is 0.0923. The van der Waals surface area contributed by atoms with Gasteiger partial charge in [-0.15, -0.1) is 0 Å². The molecular weight excluding hydrogens is 378 g/mol. The number of benzene rings is 1. The largest absolute Gasteiger partial charge is 0.497 e. The summed E-state index contributed by atoms with van der Waals surface area (Å²) >= 11 is 0. The molecule has 0 aliphatic carbocycles. The summed E-state index contributed by atoms with van der Waals surface area (Å²) in [6, 6.07) is 7.37. The van der Waals surface area contributed by atoms with Crippen LogP contribution in [0.1, 0.15) is 42.2 Å². The minimum atomic E-state index is -3.17. The lowest BCUT2D eigenvalue weighted by Crippen LogP contribution is -2.47. The summed E-state index contributed by atoms with van der Waals surface area (Å²) in [5.74, 6) is 0.732. The maximum atomic E-state index is 12.8. The topological polar surface area (TPSA) is 88.6 Å². The second-order valence-electron chi connectivity index (χ2n) is 7.14. The van der Waals surface area contributed by atoms with E-state index >= 15 is 0 Å². The van der Waals surface area contributed by atoms with Gasteiger partial charge in [-0.3, -0.25) is 9.78 Å². The number of carbonyl (C=O) groups is 1. The van der Waals surface area contributed by atoms with Gasteiger partial charge in [-0.2, -0.15) is 0 Å². The van der Waals surface area contributed by atoms with Crippen LogP contribution >= 0.6 is 0 Å². The third-order valence-corrected chi connectivity index (χ3v) is 7.18. The first kappa shape index (κ1) is 20.5. The van der Waals surface area contributed by atoms with Crippen LogP contribution in [-0.4, -0.2) is 55.6 Å². The summed E-state index contributed by atoms with van der Waals surface area (Å²) in [5, 5.41) is 3.91. The smallest absolute Gasteiger partial charge is 0.253 e. The fourth-order valence-corrected chi connectivity index (χ4v) is 5.07. The van der Waals surface area contributed by atoms with Crippen molar-refractivity contribution in [3.8, 4) is 5.75 Å². The van der Waals surface area contributed by atoms with Gasteiger partial charge in [-0.05, 0) is 44.4 Å². The minimum Gasteiger partial charge on any atom is -0.497 e. The van der Waals surface area contributed by atoms with Crippen LogP contribution in [0.5, 0.6) is 5.75 Å². The van der Waals surface area contributed by atoms with Crippen molar-refractivity contribution in [3.63, 3.8) is 0 Å². The Bertz CT molecular complexity index is 967. The average Bonchev–Trinajstić information content (AvgIpc) is 2.67. The number of nitrogens with one attached hydrogen (secondary N) is 1. The van der Waals surface area contributed by atoms with Crippen LogP contribution in [0.3, 0.4) is 0 Å². The molecule has 1 aliphatic heterocycles. The van der Waals surface area contributed by atoms with E-state index in [-0.39, 0.29) is 17.7 Å². The van der Waals surface area contributed by atoms with E-state index in [2.05, 4.69) is 10.3 Å². The zero-order valence-electron chi connectivity index (χ0n) is 16.6. The second kappa shape index (κ2) is 8.45. The molecule has 7 nitrogen and oxygen atoms in total. The van der Waals surface area contributed by atoms with Gasteiger partial charge in [0.15, 0.2) is 0 Å². The van der Waals surface area contributed by atoms with Crippen molar-refractivity contribution < 1.29 is 17.9 Å². The van der Waals surface area contributed by atoms with E-state index in [0.717, 1.165) is 16.7 Å². The van der Waals surface area contributed by atoms with Crippen molar-refractivity contribution >= 4 is 26.8 Å². The molecule has 2 aromatic rings. The maximum Gasteiger partial charge on any atom is 0.253 e. The highest BCUT2D eigenvalue weighted by Crippen LogP contribution is 2.22. The summed E-state index contributed by atoms with van der Waals surface area (Å²) < 4.78 is 31.1. The summed E-state index contributed by atoms with van der Waals surface area (Å²) in [6.07, 6.45) is 1.84. The number of amides is 1. The lowest BCUT2D eigenvalue weighted by atomic mass is 10.0. The molecule has 152 valence electrons. The summed E-state index contributed by atoms with van der Waals surface area (Å²) in [4.78, 5) is 17.3. The van der Waals surface area contributed by atoms with Crippen molar-refractivity contribution in [1.82, 2.24) is 14.6 Å². The molecule has 2 heterocycles. The summed E-state index contributed by atoms with van der Waals surface area (Å²) in [5.41, 5.74) is 1.97. The standard InChI is InChI=1S/C20H27N3O4S/c1-4-11-28(25,26)23-9-7-16(8-10-23)22-20(24)18-12-15-5-6-17(27-3)13-19(15)21-14(18)2/h5-6,12-13,16H,4,7-11H2,1-3H3,(H,22,24). The van der Waals surface area contributed by atoms with E-state index in [0.29, 0.717) is 43.6 Å². The number of fused-ring (bicyclic) bond motifs is 1. The summed E-state index contributed by atoms with van der Waals surface area (Å²) in [7, 11) is -1.57. The number of rotatable bonds is 6. The predicted octanol–water partition coefficient (Wildman–Crippen LogP) is 2.49. The van der Waals surface area contributed by atoms with Gasteiger partial charge in [0.05, 0.1) is 29.6 Å². The molecule has 0 spiro atoms. The Morgan fingerprint density at radius 1 is 1.29 bits per heavy atom. The Morgan fingerprint density at radius 3 is 2.64 bits per heavy atom. The number of ether oxygens (including phenoxy) is 1. The Kier molecular flexibility index (Phi) is 6.20. The van der Waals surface area contributed by atoms with E-state index in [1.807, 2.05) is 38.1 Å². The molecule has 1 amide bonds. The molecule has 0 bridgehead atoms. The first-order chi connectivity index (χ1) is 13.3. The van der Waals surface area contributed by atoms with E-state index in [1.54, 1.807) is 7.11 Å². The molecule has 0 atom stereocenters. The number of aryl methyl sites for hydroxylation is 1. The Labute approximate surface area is 166 Å². The van der Waals surface area contributed by atoms with Crippen LogP contribution in [0.4, 0.5) is 0 Å². The van der Waals surface area contributed by atoms with Crippen molar-refractivity contribution in [1.29, 1.82) is 0 Å². The number of aromatic nitrogens is 1. The van der Waals surface area contributed by atoms with Gasteiger partial charge in [0.2, 0.25) is 10.0 Å².